The predicted molar refractivity (Wildman–Crippen MR) is 70.2 cm³/mol. The lowest BCUT2D eigenvalue weighted by Gasteiger charge is -2.03. The topological polar surface area (TPSA) is 115 Å². The third-order valence-electron chi connectivity index (χ3n) is 2.03. The molecule has 1 aromatic rings. The van der Waals surface area contributed by atoms with Gasteiger partial charge in [-0.3, -0.25) is 10.1 Å². The Morgan fingerprint density at radius 3 is 2.67 bits per heavy atom. The molecule has 0 bridgehead atoms. The molecule has 0 saturated heterocycles. The van der Waals surface area contributed by atoms with Crippen molar-refractivity contribution in [1.82, 2.24) is 10.2 Å². The Hall–Kier alpha value is -1.06. The molecular formula is C9H16N4O3S2. The summed E-state index contributed by atoms with van der Waals surface area (Å²) < 4.78 is 23.2. The van der Waals surface area contributed by atoms with Crippen LogP contribution in [-0.4, -0.2) is 42.6 Å². The number of nitrogens with two attached hydrogens (primary N) is 1. The summed E-state index contributed by atoms with van der Waals surface area (Å²) in [4.78, 5) is 11.5. The molecule has 18 heavy (non-hydrogen) atoms. The van der Waals surface area contributed by atoms with E-state index in [4.69, 9.17) is 5.73 Å². The number of rotatable bonds is 7. The van der Waals surface area contributed by atoms with E-state index in [0.717, 1.165) is 0 Å². The molecule has 1 heterocycles. The molecule has 0 fully saturated rings. The number of nitrogens with one attached hydrogen (secondary N) is 1. The lowest BCUT2D eigenvalue weighted by molar-refractivity contribution is -0.113. The van der Waals surface area contributed by atoms with Crippen LogP contribution in [0, 0.1) is 6.92 Å². The molecule has 3 N–H and O–H groups in total. The highest BCUT2D eigenvalue weighted by Crippen LogP contribution is 2.13. The van der Waals surface area contributed by atoms with Gasteiger partial charge in [0.15, 0.2) is 9.84 Å². The molecular weight excluding hydrogens is 276 g/mol. The van der Waals surface area contributed by atoms with Gasteiger partial charge in [-0.05, 0) is 26.3 Å². The molecule has 0 atom stereocenters. The smallest absolute Gasteiger partial charge is 0.241 e. The van der Waals surface area contributed by atoms with Crippen molar-refractivity contribution in [1.29, 1.82) is 0 Å². The number of unbranched alkanes of at least 4 members (excludes halogenated alkanes) is 1. The van der Waals surface area contributed by atoms with E-state index in [1.807, 2.05) is 0 Å². The zero-order valence-electron chi connectivity index (χ0n) is 10.0. The van der Waals surface area contributed by atoms with Crippen LogP contribution in [0.15, 0.2) is 0 Å². The number of hydrogen-bond donors (Lipinski definition) is 2. The van der Waals surface area contributed by atoms with Crippen molar-refractivity contribution in [3.8, 4) is 0 Å². The first-order chi connectivity index (χ1) is 8.43. The highest BCUT2D eigenvalue weighted by Gasteiger charge is 2.17. The van der Waals surface area contributed by atoms with Gasteiger partial charge in [-0.15, -0.1) is 10.2 Å². The summed E-state index contributed by atoms with van der Waals surface area (Å²) in [7, 11) is -3.38. The van der Waals surface area contributed by atoms with Gasteiger partial charge < -0.3 is 5.73 Å². The predicted octanol–water partition coefficient (Wildman–Crippen LogP) is -0.0613. The lowest BCUT2D eigenvalue weighted by Crippen LogP contribution is -2.24. The van der Waals surface area contributed by atoms with Crippen molar-refractivity contribution >= 4 is 32.2 Å². The maximum Gasteiger partial charge on any atom is 0.241 e. The second kappa shape index (κ2) is 6.76. The molecule has 0 aromatic carbocycles. The summed E-state index contributed by atoms with van der Waals surface area (Å²) in [5.41, 5.74) is 5.28. The molecule has 0 saturated carbocycles. The number of amides is 1. The van der Waals surface area contributed by atoms with E-state index in [1.54, 1.807) is 6.92 Å². The molecule has 0 unspecified atom stereocenters. The highest BCUT2D eigenvalue weighted by atomic mass is 32.2. The number of anilines is 1. The fraction of sp³-hybridized carbons (Fsp3) is 0.667. The fourth-order valence-corrected chi connectivity index (χ4v) is 3.11. The minimum atomic E-state index is -3.38. The van der Waals surface area contributed by atoms with E-state index in [0.29, 0.717) is 29.5 Å². The second-order valence-electron chi connectivity index (χ2n) is 3.76. The summed E-state index contributed by atoms with van der Waals surface area (Å²) in [6, 6.07) is 0. The van der Waals surface area contributed by atoms with Crippen LogP contribution >= 0.6 is 11.3 Å². The van der Waals surface area contributed by atoms with Gasteiger partial charge in [0.2, 0.25) is 11.0 Å². The molecule has 0 aliphatic rings. The van der Waals surface area contributed by atoms with Crippen LogP contribution in [0.5, 0.6) is 0 Å². The molecule has 102 valence electrons. The molecule has 0 aliphatic heterocycles. The van der Waals surface area contributed by atoms with E-state index < -0.39 is 21.5 Å². The van der Waals surface area contributed by atoms with Crippen LogP contribution in [-0.2, 0) is 14.6 Å². The van der Waals surface area contributed by atoms with Gasteiger partial charge in [0.05, 0.1) is 5.75 Å². The van der Waals surface area contributed by atoms with Crippen LogP contribution < -0.4 is 11.1 Å². The standard InChI is InChI=1S/C9H16N4O3S2/c1-7-12-13-9(17-7)11-8(14)6-18(15,16)5-3-2-4-10/h2-6,10H2,1H3,(H,11,13,14). The van der Waals surface area contributed by atoms with Crippen LogP contribution in [0.2, 0.25) is 0 Å². The van der Waals surface area contributed by atoms with Gasteiger partial charge in [-0.1, -0.05) is 11.3 Å². The number of aromatic nitrogens is 2. The number of aryl methyl sites for hydroxylation is 1. The first-order valence-electron chi connectivity index (χ1n) is 5.43. The van der Waals surface area contributed by atoms with Crippen molar-refractivity contribution in [2.75, 3.05) is 23.4 Å². The quantitative estimate of drug-likeness (QED) is 0.680. The monoisotopic (exact) mass is 292 g/mol. The highest BCUT2D eigenvalue weighted by molar-refractivity contribution is 7.92. The van der Waals surface area contributed by atoms with Gasteiger partial charge in [0.1, 0.15) is 10.8 Å². The SMILES string of the molecule is Cc1nnc(NC(=O)CS(=O)(=O)CCCCN)s1. The van der Waals surface area contributed by atoms with Crippen molar-refractivity contribution in [2.45, 2.75) is 19.8 Å². The molecule has 0 spiro atoms. The second-order valence-corrected chi connectivity index (χ2v) is 7.13. The van der Waals surface area contributed by atoms with E-state index in [2.05, 4.69) is 15.5 Å². The Morgan fingerprint density at radius 1 is 1.39 bits per heavy atom. The molecule has 7 nitrogen and oxygen atoms in total. The van der Waals surface area contributed by atoms with Gasteiger partial charge in [0, 0.05) is 0 Å². The number of carbonyl (C=O) groups is 1. The van der Waals surface area contributed by atoms with Crippen LogP contribution in [0.1, 0.15) is 17.8 Å². The zero-order chi connectivity index (χ0) is 13.6. The van der Waals surface area contributed by atoms with Crippen LogP contribution in [0.4, 0.5) is 5.13 Å². The molecule has 0 radical (unpaired) electrons. The van der Waals surface area contributed by atoms with Crippen molar-refractivity contribution in [3.05, 3.63) is 5.01 Å². The van der Waals surface area contributed by atoms with E-state index >= 15 is 0 Å². The maximum absolute atomic E-state index is 11.6. The Kier molecular flexibility index (Phi) is 5.63. The van der Waals surface area contributed by atoms with Gasteiger partial charge in [-0.2, -0.15) is 0 Å². The van der Waals surface area contributed by atoms with Crippen molar-refractivity contribution in [2.24, 2.45) is 5.73 Å². The van der Waals surface area contributed by atoms with Gasteiger partial charge in [0.25, 0.3) is 0 Å². The largest absolute Gasteiger partial charge is 0.330 e. The summed E-state index contributed by atoms with van der Waals surface area (Å²) in [6.07, 6.45) is 1.11. The van der Waals surface area contributed by atoms with Crippen molar-refractivity contribution in [3.63, 3.8) is 0 Å². The third-order valence-corrected chi connectivity index (χ3v) is 4.40. The minimum absolute atomic E-state index is 0.0211. The lowest BCUT2D eigenvalue weighted by atomic mass is 10.3. The Labute approximate surface area is 110 Å². The number of carbonyl (C=O) groups excluding carboxylic acids is 1. The summed E-state index contributed by atoms with van der Waals surface area (Å²) in [5, 5.41) is 10.8. The van der Waals surface area contributed by atoms with E-state index in [9.17, 15) is 13.2 Å². The molecule has 1 amide bonds. The minimum Gasteiger partial charge on any atom is -0.330 e. The molecule has 9 heteroatoms. The normalized spacial score (nSPS) is 11.4. The van der Waals surface area contributed by atoms with Crippen molar-refractivity contribution < 1.29 is 13.2 Å². The van der Waals surface area contributed by atoms with E-state index in [-0.39, 0.29) is 5.75 Å². The Balaban J connectivity index is 2.44. The number of nitrogens with zero attached hydrogens (tertiary/aromatic N) is 2. The van der Waals surface area contributed by atoms with Gasteiger partial charge in [-0.25, -0.2) is 8.42 Å². The molecule has 0 aliphatic carbocycles. The summed E-state index contributed by atoms with van der Waals surface area (Å²) in [5.74, 6) is -1.14. The molecule has 1 rings (SSSR count). The average Bonchev–Trinajstić information content (AvgIpc) is 2.63. The fourth-order valence-electron chi connectivity index (χ4n) is 1.24. The zero-order valence-corrected chi connectivity index (χ0v) is 11.7. The average molecular weight is 292 g/mol. The Bertz CT molecular complexity index is 498. The third kappa shape index (κ3) is 5.52. The number of hydrogen-bond acceptors (Lipinski definition) is 7. The molecule has 1 aromatic heterocycles. The number of sulfone groups is 1. The summed E-state index contributed by atoms with van der Waals surface area (Å²) in [6.45, 7) is 2.20. The van der Waals surface area contributed by atoms with E-state index in [1.165, 1.54) is 11.3 Å². The van der Waals surface area contributed by atoms with Gasteiger partial charge >= 0.3 is 0 Å². The van der Waals surface area contributed by atoms with Crippen LogP contribution in [0.25, 0.3) is 0 Å². The summed E-state index contributed by atoms with van der Waals surface area (Å²) >= 11 is 1.20. The first kappa shape index (κ1) is 15.0. The maximum atomic E-state index is 11.6. The van der Waals surface area contributed by atoms with Crippen LogP contribution in [0.3, 0.4) is 0 Å². The Morgan fingerprint density at radius 2 is 2.11 bits per heavy atom. The first-order valence-corrected chi connectivity index (χ1v) is 8.07.